The number of carbonyl (C=O) groups excluding carboxylic acids is 1. The fourth-order valence-electron chi connectivity index (χ4n) is 2.54. The minimum atomic E-state index is -0.312. The maximum Gasteiger partial charge on any atom is 0.253 e. The second-order valence-electron chi connectivity index (χ2n) is 5.23. The van der Waals surface area contributed by atoms with Crippen LogP contribution in [0, 0.1) is 12.7 Å². The molecule has 20 heavy (non-hydrogen) atoms. The summed E-state index contributed by atoms with van der Waals surface area (Å²) >= 11 is 0. The van der Waals surface area contributed by atoms with Crippen molar-refractivity contribution in [2.75, 3.05) is 26.2 Å². The molecule has 0 bridgehead atoms. The van der Waals surface area contributed by atoms with E-state index in [-0.39, 0.29) is 24.4 Å². The quantitative estimate of drug-likeness (QED) is 0.855. The Labute approximate surface area is 118 Å². The van der Waals surface area contributed by atoms with Crippen LogP contribution in [-0.2, 0) is 0 Å². The van der Waals surface area contributed by atoms with Crippen molar-refractivity contribution in [3.63, 3.8) is 0 Å². The summed E-state index contributed by atoms with van der Waals surface area (Å²) in [6, 6.07) is 4.65. The molecule has 1 heterocycles. The molecule has 1 amide bonds. The van der Waals surface area contributed by atoms with Gasteiger partial charge in [0.2, 0.25) is 0 Å². The summed E-state index contributed by atoms with van der Waals surface area (Å²) in [5.41, 5.74) is 0.925. The fraction of sp³-hybridized carbons (Fsp3) is 0.533. The predicted molar refractivity (Wildman–Crippen MR) is 75.2 cm³/mol. The number of aryl methyl sites for hydroxylation is 1. The van der Waals surface area contributed by atoms with Gasteiger partial charge in [-0.3, -0.25) is 4.79 Å². The second kappa shape index (κ2) is 6.81. The average molecular weight is 280 g/mol. The SMILES string of the molecule is Cc1cc(C(=O)N(CCO)CC2CCCN2)ccc1F. The van der Waals surface area contributed by atoms with Gasteiger partial charge >= 0.3 is 0 Å². The van der Waals surface area contributed by atoms with Crippen molar-refractivity contribution >= 4 is 5.91 Å². The van der Waals surface area contributed by atoms with E-state index in [4.69, 9.17) is 5.11 Å². The van der Waals surface area contributed by atoms with Gasteiger partial charge < -0.3 is 15.3 Å². The van der Waals surface area contributed by atoms with Crippen LogP contribution in [0.4, 0.5) is 4.39 Å². The molecule has 1 saturated heterocycles. The van der Waals surface area contributed by atoms with Crippen molar-refractivity contribution in [3.05, 3.63) is 35.1 Å². The molecule has 0 aliphatic carbocycles. The van der Waals surface area contributed by atoms with Gasteiger partial charge in [0.15, 0.2) is 0 Å². The monoisotopic (exact) mass is 280 g/mol. The Morgan fingerprint density at radius 2 is 2.35 bits per heavy atom. The molecule has 0 spiro atoms. The van der Waals surface area contributed by atoms with E-state index in [1.165, 1.54) is 12.1 Å². The number of amides is 1. The maximum atomic E-state index is 13.3. The normalized spacial score (nSPS) is 18.2. The number of benzene rings is 1. The van der Waals surface area contributed by atoms with Crippen LogP contribution in [-0.4, -0.2) is 48.2 Å². The molecular weight excluding hydrogens is 259 g/mol. The first-order valence-electron chi connectivity index (χ1n) is 7.01. The fourth-order valence-corrected chi connectivity index (χ4v) is 2.54. The zero-order valence-electron chi connectivity index (χ0n) is 11.7. The number of aliphatic hydroxyl groups excluding tert-OH is 1. The van der Waals surface area contributed by atoms with Gasteiger partial charge in [-0.1, -0.05) is 0 Å². The highest BCUT2D eigenvalue weighted by Crippen LogP contribution is 2.13. The molecule has 0 radical (unpaired) electrons. The van der Waals surface area contributed by atoms with Crippen LogP contribution in [0.2, 0.25) is 0 Å². The third kappa shape index (κ3) is 3.55. The Bertz CT molecular complexity index is 473. The van der Waals surface area contributed by atoms with E-state index in [0.29, 0.717) is 24.2 Å². The smallest absolute Gasteiger partial charge is 0.253 e. The van der Waals surface area contributed by atoms with Gasteiger partial charge in [-0.25, -0.2) is 4.39 Å². The van der Waals surface area contributed by atoms with Crippen LogP contribution >= 0.6 is 0 Å². The maximum absolute atomic E-state index is 13.3. The highest BCUT2D eigenvalue weighted by molar-refractivity contribution is 5.94. The molecule has 0 aromatic heterocycles. The van der Waals surface area contributed by atoms with Crippen LogP contribution in [0.25, 0.3) is 0 Å². The van der Waals surface area contributed by atoms with E-state index < -0.39 is 0 Å². The first-order chi connectivity index (χ1) is 9.61. The Morgan fingerprint density at radius 1 is 1.55 bits per heavy atom. The molecule has 5 heteroatoms. The largest absolute Gasteiger partial charge is 0.395 e. The van der Waals surface area contributed by atoms with E-state index >= 15 is 0 Å². The molecule has 2 N–H and O–H groups in total. The van der Waals surface area contributed by atoms with Gasteiger partial charge in [0.25, 0.3) is 5.91 Å². The van der Waals surface area contributed by atoms with Gasteiger partial charge in [0.1, 0.15) is 5.82 Å². The average Bonchev–Trinajstić information content (AvgIpc) is 2.93. The molecule has 1 fully saturated rings. The number of carbonyl (C=O) groups is 1. The molecule has 1 atom stereocenters. The van der Waals surface area contributed by atoms with Crippen LogP contribution in [0.3, 0.4) is 0 Å². The van der Waals surface area contributed by atoms with E-state index in [1.54, 1.807) is 17.9 Å². The third-order valence-electron chi connectivity index (χ3n) is 3.67. The topological polar surface area (TPSA) is 52.6 Å². The zero-order chi connectivity index (χ0) is 14.5. The third-order valence-corrected chi connectivity index (χ3v) is 3.67. The summed E-state index contributed by atoms with van der Waals surface area (Å²) in [6.45, 7) is 3.42. The Kier molecular flexibility index (Phi) is 5.09. The van der Waals surface area contributed by atoms with E-state index in [9.17, 15) is 9.18 Å². The summed E-state index contributed by atoms with van der Waals surface area (Å²) in [6.07, 6.45) is 2.15. The highest BCUT2D eigenvalue weighted by atomic mass is 19.1. The molecule has 0 saturated carbocycles. The number of nitrogens with zero attached hydrogens (tertiary/aromatic N) is 1. The van der Waals surface area contributed by atoms with E-state index in [0.717, 1.165) is 19.4 Å². The number of aliphatic hydroxyl groups is 1. The summed E-state index contributed by atoms with van der Waals surface area (Å²) in [7, 11) is 0. The number of halogens is 1. The molecule has 1 unspecified atom stereocenters. The van der Waals surface area contributed by atoms with Gasteiger partial charge in [-0.15, -0.1) is 0 Å². The standard InChI is InChI=1S/C15H21FN2O2/c1-11-9-12(4-5-14(11)16)15(20)18(7-8-19)10-13-3-2-6-17-13/h4-5,9,13,17,19H,2-3,6-8,10H2,1H3. The number of nitrogens with one attached hydrogen (secondary N) is 1. The Balaban J connectivity index is 2.10. The first-order valence-corrected chi connectivity index (χ1v) is 7.01. The van der Waals surface area contributed by atoms with Crippen LogP contribution in [0.5, 0.6) is 0 Å². The summed E-state index contributed by atoms with van der Waals surface area (Å²) in [5, 5.41) is 12.5. The van der Waals surface area contributed by atoms with Crippen LogP contribution in [0.15, 0.2) is 18.2 Å². The number of hydrogen-bond acceptors (Lipinski definition) is 3. The lowest BCUT2D eigenvalue weighted by molar-refractivity contribution is 0.0706. The summed E-state index contributed by atoms with van der Waals surface area (Å²) in [4.78, 5) is 14.1. The Hall–Kier alpha value is -1.46. The highest BCUT2D eigenvalue weighted by Gasteiger charge is 2.22. The van der Waals surface area contributed by atoms with Crippen LogP contribution in [0.1, 0.15) is 28.8 Å². The lowest BCUT2D eigenvalue weighted by Crippen LogP contribution is -2.42. The van der Waals surface area contributed by atoms with Crippen molar-refractivity contribution in [1.82, 2.24) is 10.2 Å². The summed E-state index contributed by atoms with van der Waals surface area (Å²) in [5.74, 6) is -0.469. The first kappa shape index (κ1) is 14.9. The van der Waals surface area contributed by atoms with Crippen molar-refractivity contribution in [3.8, 4) is 0 Å². The van der Waals surface area contributed by atoms with Gasteiger partial charge in [0, 0.05) is 24.7 Å². The van der Waals surface area contributed by atoms with Crippen LogP contribution < -0.4 is 5.32 Å². The molecule has 2 rings (SSSR count). The minimum Gasteiger partial charge on any atom is -0.395 e. The van der Waals surface area contributed by atoms with Crippen molar-refractivity contribution < 1.29 is 14.3 Å². The van der Waals surface area contributed by atoms with Gasteiger partial charge in [0.05, 0.1) is 6.61 Å². The molecule has 1 aliphatic rings. The predicted octanol–water partition coefficient (Wildman–Crippen LogP) is 1.32. The van der Waals surface area contributed by atoms with Crippen molar-refractivity contribution in [2.45, 2.75) is 25.8 Å². The van der Waals surface area contributed by atoms with E-state index in [2.05, 4.69) is 5.32 Å². The lowest BCUT2D eigenvalue weighted by atomic mass is 10.1. The van der Waals surface area contributed by atoms with Crippen molar-refractivity contribution in [1.29, 1.82) is 0 Å². The summed E-state index contributed by atoms with van der Waals surface area (Å²) < 4.78 is 13.3. The van der Waals surface area contributed by atoms with E-state index in [1.807, 2.05) is 0 Å². The molecule has 110 valence electrons. The zero-order valence-corrected chi connectivity index (χ0v) is 11.7. The second-order valence-corrected chi connectivity index (χ2v) is 5.23. The number of rotatable bonds is 5. The molecule has 1 aromatic carbocycles. The van der Waals surface area contributed by atoms with Crippen molar-refractivity contribution in [2.24, 2.45) is 0 Å². The van der Waals surface area contributed by atoms with Gasteiger partial charge in [-0.2, -0.15) is 0 Å². The van der Waals surface area contributed by atoms with Gasteiger partial charge in [-0.05, 0) is 50.1 Å². The molecule has 4 nitrogen and oxygen atoms in total. The minimum absolute atomic E-state index is 0.0708. The Morgan fingerprint density at radius 3 is 2.95 bits per heavy atom. The molecule has 1 aromatic rings. The molecular formula is C15H21FN2O2. The number of hydrogen-bond donors (Lipinski definition) is 2. The molecule has 1 aliphatic heterocycles. The lowest BCUT2D eigenvalue weighted by Gasteiger charge is -2.25.